The fraction of sp³-hybridized carbons (Fsp3) is 0.259. The molecule has 2 aliphatic heterocycles. The number of hydrogen-bond acceptors (Lipinski definition) is 21. The number of halogens is 2. The number of aliphatic imine (C=N–C) groups is 1. The Morgan fingerprint density at radius 2 is 1.14 bits per heavy atom. The van der Waals surface area contributed by atoms with Gasteiger partial charge in [-0.25, -0.2) is 24.4 Å². The summed E-state index contributed by atoms with van der Waals surface area (Å²) < 4.78 is 83.9. The number of hydrogen-bond donors (Lipinski definition) is 7. The molecule has 0 radical (unpaired) electrons. The van der Waals surface area contributed by atoms with Crippen LogP contribution in [0.1, 0.15) is 106 Å². The second-order valence-corrected chi connectivity index (χ2v) is 25.2. The standard InChI is InChI=1S/C28H28FN3O6.C28H28N4O6.C25H24FN3O7/c1-16-20(10-17-11-22(36-3)28(23(12-17)37-4)38-15-26(34)35)19-7-8-24(29)31-27(19)21(16)13-25(33)30-14-18-6-5-9-32(18)2;1-29-18-7-8-20-21(13-18)23(14-26(33)30-15-19-6-5-9-38-19)32(2)22(20)10-17-11-24(36-3)28(25(12-17)37-4)31-16-27(34)35;1-33-19-9-14(10-20(34-2)25(19)36-13-23(31)32)8-17-16-5-6-21(26)29-24(16)18(28-17)11-22(30)27-12-15-4-3-7-35-15/h5-12H,13-15H2,1-4H3,(H,30,33)(H,34,35);5-13,23,31H,14-16H2,2-4H3,(H,30,33)(H,34,35);3-7,9-10,18H,8,11-13H2,1-2H3,(H,27,30)(H,31,32)/b20-10-;22-10+;. The molecule has 2 atom stereocenters. The largest absolute Gasteiger partial charge is 0.494 e. The predicted molar refractivity (Wildman–Crippen MR) is 406 cm³/mol. The number of carbonyl (C=O) groups is 6. The zero-order chi connectivity index (χ0) is 80.3. The number of amides is 3. The number of rotatable bonds is 31. The molecule has 3 aliphatic rings. The van der Waals surface area contributed by atoms with E-state index in [0.29, 0.717) is 93.3 Å². The van der Waals surface area contributed by atoms with E-state index in [2.05, 4.69) is 41.1 Å². The van der Waals surface area contributed by atoms with Crippen molar-refractivity contribution in [2.45, 2.75) is 64.3 Å². The van der Waals surface area contributed by atoms with Gasteiger partial charge in [0.2, 0.25) is 41.1 Å². The molecule has 29 nitrogen and oxygen atoms in total. The number of methoxy groups -OCH3 is 6. The van der Waals surface area contributed by atoms with E-state index >= 15 is 0 Å². The number of pyridine rings is 2. The Labute approximate surface area is 641 Å². The Morgan fingerprint density at radius 1 is 0.607 bits per heavy atom. The molecule has 1 aliphatic carbocycles. The average Bonchev–Trinajstić information content (AvgIpc) is 1.62. The van der Waals surface area contributed by atoms with Crippen LogP contribution in [0.15, 0.2) is 153 Å². The van der Waals surface area contributed by atoms with Gasteiger partial charge >= 0.3 is 17.9 Å². The van der Waals surface area contributed by atoms with Crippen molar-refractivity contribution in [3.8, 4) is 46.0 Å². The third-order valence-electron chi connectivity index (χ3n) is 18.1. The van der Waals surface area contributed by atoms with Crippen molar-refractivity contribution in [3.05, 3.63) is 230 Å². The lowest BCUT2D eigenvalue weighted by Crippen LogP contribution is -2.27. The van der Waals surface area contributed by atoms with Crippen molar-refractivity contribution in [3.63, 3.8) is 0 Å². The van der Waals surface area contributed by atoms with E-state index in [4.69, 9.17) is 68.6 Å². The number of allylic oxidation sites excluding steroid dienone is 2. The molecule has 31 heteroatoms. The number of carbonyl (C=O) groups excluding carboxylic acids is 3. The van der Waals surface area contributed by atoms with Gasteiger partial charge in [0.25, 0.3) is 0 Å². The minimum absolute atomic E-state index is 0.0116. The van der Waals surface area contributed by atoms with Crippen LogP contribution in [0.2, 0.25) is 0 Å². The van der Waals surface area contributed by atoms with Crippen LogP contribution in [-0.4, -0.2) is 146 Å². The number of carboxylic acids is 3. The first kappa shape index (κ1) is 80.6. The van der Waals surface area contributed by atoms with E-state index in [1.54, 1.807) is 85.1 Å². The Bertz CT molecular complexity index is 5080. The smallest absolute Gasteiger partial charge is 0.341 e. The van der Waals surface area contributed by atoms with Gasteiger partial charge in [-0.3, -0.25) is 24.2 Å². The van der Waals surface area contributed by atoms with Gasteiger partial charge in [0.05, 0.1) is 118 Å². The summed E-state index contributed by atoms with van der Waals surface area (Å²) in [7, 11) is 12.5. The first-order valence-electron chi connectivity index (χ1n) is 34.6. The number of carboxylic acid groups (broad SMARTS) is 3. The molecular formula is C81H80F2N10O19. The summed E-state index contributed by atoms with van der Waals surface area (Å²) in [5, 5.41) is 38.4. The number of benzene rings is 4. The van der Waals surface area contributed by atoms with Crippen LogP contribution in [0.5, 0.6) is 46.0 Å². The van der Waals surface area contributed by atoms with Crippen LogP contribution in [0.4, 0.5) is 20.2 Å². The number of aromatic nitrogens is 3. The predicted octanol–water partition coefficient (Wildman–Crippen LogP) is 11.7. The maximum absolute atomic E-state index is 14.2. The van der Waals surface area contributed by atoms with Gasteiger partial charge in [-0.05, 0) is 155 Å². The fourth-order valence-electron chi connectivity index (χ4n) is 12.7. The van der Waals surface area contributed by atoms with Crippen LogP contribution in [0.25, 0.3) is 33.8 Å². The van der Waals surface area contributed by atoms with Crippen molar-refractivity contribution in [1.29, 1.82) is 0 Å². The number of nitrogens with zero attached hydrogens (tertiary/aromatic N) is 6. The molecule has 12 rings (SSSR count). The third-order valence-corrected chi connectivity index (χ3v) is 18.1. The quantitative estimate of drug-likeness (QED) is 0.0157. The van der Waals surface area contributed by atoms with Crippen LogP contribution < -0.4 is 59.2 Å². The molecule has 0 saturated carbocycles. The first-order valence-corrected chi connectivity index (χ1v) is 34.6. The lowest BCUT2D eigenvalue weighted by atomic mass is 10.00. The molecule has 5 aromatic heterocycles. The summed E-state index contributed by atoms with van der Waals surface area (Å²) >= 11 is 0. The lowest BCUT2D eigenvalue weighted by molar-refractivity contribution is -0.140. The number of ether oxygens (including phenoxy) is 8. The van der Waals surface area contributed by atoms with Gasteiger partial charge in [0.1, 0.15) is 41.3 Å². The highest BCUT2D eigenvalue weighted by Gasteiger charge is 2.35. The van der Waals surface area contributed by atoms with Gasteiger partial charge in [-0.2, -0.15) is 8.78 Å². The molecule has 0 bridgehead atoms. The Hall–Kier alpha value is -13.9. The van der Waals surface area contributed by atoms with Gasteiger partial charge in [0, 0.05) is 60.5 Å². The SMILES string of the molecule is COc1cc(/C=C2/C(C)=C(CC(=O)NCc3cccn3C)c3nc(F)ccc32)cc(OC)c1OCC(=O)O.COc1cc(CC2=NC(CC(=O)NCc3ccco3)c3nc(F)ccc32)cc(OC)c1OCC(=O)O.[C-]#[N+]c1ccc2c(c1)C(CC(=O)NCc1ccco1)N(C)/C2=C/c1cc(OC)c(NCC(=O)O)c(OC)c1. The van der Waals surface area contributed by atoms with Crippen molar-refractivity contribution >= 4 is 81.7 Å². The molecule has 0 fully saturated rings. The normalized spacial score (nSPS) is 14.2. The third kappa shape index (κ3) is 19.9. The van der Waals surface area contributed by atoms with E-state index in [9.17, 15) is 37.5 Å². The molecule has 112 heavy (non-hydrogen) atoms. The van der Waals surface area contributed by atoms with Crippen molar-refractivity contribution in [2.24, 2.45) is 12.0 Å². The average molecular weight is 1540 g/mol. The Balaban J connectivity index is 0.000000178. The Morgan fingerprint density at radius 3 is 1.68 bits per heavy atom. The van der Waals surface area contributed by atoms with E-state index in [0.717, 1.165) is 44.8 Å². The van der Waals surface area contributed by atoms with E-state index < -0.39 is 49.1 Å². The van der Waals surface area contributed by atoms with Crippen molar-refractivity contribution in [1.82, 2.24) is 35.4 Å². The second-order valence-electron chi connectivity index (χ2n) is 25.2. The minimum Gasteiger partial charge on any atom is -0.494 e. The molecule has 3 amide bonds. The van der Waals surface area contributed by atoms with Crippen LogP contribution >= 0.6 is 0 Å². The molecule has 7 N–H and O–H groups in total. The molecule has 0 saturated heterocycles. The summed E-state index contributed by atoms with van der Waals surface area (Å²) in [5.74, 6) is -1.60. The highest BCUT2D eigenvalue weighted by Crippen LogP contribution is 2.48. The van der Waals surface area contributed by atoms with E-state index in [1.165, 1.54) is 61.1 Å². The van der Waals surface area contributed by atoms with Crippen molar-refractivity contribution < 1.29 is 99.6 Å². The van der Waals surface area contributed by atoms with Crippen LogP contribution in [-0.2, 0) is 61.9 Å². The summed E-state index contributed by atoms with van der Waals surface area (Å²) in [6.07, 6.45) is 9.30. The molecule has 4 aromatic carbocycles. The first-order chi connectivity index (χ1) is 53.9. The second kappa shape index (κ2) is 37.3. The van der Waals surface area contributed by atoms with Gasteiger partial charge in [0.15, 0.2) is 41.9 Å². The molecular weight excluding hydrogens is 1450 g/mol. The number of nitrogens with one attached hydrogen (secondary N) is 4. The highest BCUT2D eigenvalue weighted by molar-refractivity contribution is 6.08. The minimum atomic E-state index is -1.14. The highest BCUT2D eigenvalue weighted by atomic mass is 19.1. The van der Waals surface area contributed by atoms with Crippen LogP contribution in [0.3, 0.4) is 0 Å². The molecule has 2 unspecified atom stereocenters. The van der Waals surface area contributed by atoms with E-state index in [1.807, 2.05) is 73.1 Å². The summed E-state index contributed by atoms with van der Waals surface area (Å²) in [4.78, 5) is 89.6. The summed E-state index contributed by atoms with van der Waals surface area (Å²) in [5.41, 5.74) is 11.6. The molecule has 7 heterocycles. The van der Waals surface area contributed by atoms with Crippen molar-refractivity contribution in [2.75, 3.05) is 74.8 Å². The number of aliphatic carboxylic acids is 3. The number of aryl methyl sites for hydroxylation is 1. The summed E-state index contributed by atoms with van der Waals surface area (Å²) in [6.45, 7) is 8.79. The monoisotopic (exact) mass is 1530 g/mol. The maximum Gasteiger partial charge on any atom is 0.341 e. The Kier molecular flexibility index (Phi) is 26.8. The summed E-state index contributed by atoms with van der Waals surface area (Å²) in [6, 6.07) is 31.5. The topological polar surface area (TPSA) is 362 Å². The van der Waals surface area contributed by atoms with Gasteiger partial charge in [-0.15, -0.1) is 0 Å². The number of furan rings is 2. The zero-order valence-corrected chi connectivity index (χ0v) is 62.4. The van der Waals surface area contributed by atoms with Gasteiger partial charge < -0.3 is 92.8 Å². The lowest BCUT2D eigenvalue weighted by Gasteiger charge is -2.24. The molecule has 9 aromatic rings. The number of fused-ring (bicyclic) bond motifs is 3. The number of anilines is 1. The molecule has 0 spiro atoms. The van der Waals surface area contributed by atoms with E-state index in [-0.39, 0.29) is 90.6 Å². The fourth-order valence-corrected chi connectivity index (χ4v) is 12.7. The van der Waals surface area contributed by atoms with Crippen LogP contribution in [0, 0.1) is 18.5 Å². The maximum atomic E-state index is 14.2. The molecule has 582 valence electrons. The van der Waals surface area contributed by atoms with Gasteiger partial charge in [-0.1, -0.05) is 18.2 Å². The zero-order valence-electron chi connectivity index (χ0n) is 62.4.